The van der Waals surface area contributed by atoms with Crippen molar-refractivity contribution in [1.82, 2.24) is 9.97 Å². The van der Waals surface area contributed by atoms with E-state index < -0.39 is 4.92 Å². The van der Waals surface area contributed by atoms with Crippen LogP contribution in [0.5, 0.6) is 0 Å². The summed E-state index contributed by atoms with van der Waals surface area (Å²) in [5.74, 6) is 0.173. The molecule has 104 valence electrons. The molecule has 0 bridgehead atoms. The molecular weight excluding hydrogens is 272 g/mol. The smallest absolute Gasteiger partial charge is 0.332 e. The van der Waals surface area contributed by atoms with Gasteiger partial charge in [-0.15, -0.1) is 0 Å². The second-order valence-corrected chi connectivity index (χ2v) is 5.17. The van der Waals surface area contributed by atoms with Crippen LogP contribution in [0.1, 0.15) is 25.5 Å². The Bertz CT molecular complexity index is 503. The Morgan fingerprint density at radius 3 is 2.63 bits per heavy atom. The van der Waals surface area contributed by atoms with Crippen molar-refractivity contribution < 1.29 is 9.66 Å². The number of halogens is 1. The average Bonchev–Trinajstić information content (AvgIpc) is 2.27. The second-order valence-electron chi connectivity index (χ2n) is 4.83. The molecule has 0 atom stereocenters. The number of ether oxygens (including phenoxy) is 1. The first-order valence-electron chi connectivity index (χ1n) is 5.96. The number of hydrogen-bond acceptors (Lipinski definition) is 6. The van der Waals surface area contributed by atoms with Gasteiger partial charge in [0, 0.05) is 18.8 Å². The van der Waals surface area contributed by atoms with E-state index in [0.29, 0.717) is 13.2 Å². The minimum Gasteiger partial charge on any atom is -0.381 e. The van der Waals surface area contributed by atoms with E-state index in [1.165, 1.54) is 0 Å². The molecule has 0 unspecified atom stereocenters. The summed E-state index contributed by atoms with van der Waals surface area (Å²) in [5, 5.41) is 14.3. The van der Waals surface area contributed by atoms with Crippen LogP contribution < -0.4 is 5.32 Å². The molecular formula is C11H15ClN4O3. The van der Waals surface area contributed by atoms with Gasteiger partial charge in [0.25, 0.3) is 0 Å². The summed E-state index contributed by atoms with van der Waals surface area (Å²) < 4.78 is 5.30. The fourth-order valence-electron chi connectivity index (χ4n) is 2.07. The molecule has 0 amide bonds. The molecule has 1 saturated heterocycles. The van der Waals surface area contributed by atoms with Crippen molar-refractivity contribution in [3.8, 4) is 0 Å². The second kappa shape index (κ2) is 5.26. The van der Waals surface area contributed by atoms with Gasteiger partial charge in [0.15, 0.2) is 0 Å². The van der Waals surface area contributed by atoms with E-state index in [0.717, 1.165) is 12.8 Å². The predicted octanol–water partition coefficient (Wildman–Crippen LogP) is 2.33. The van der Waals surface area contributed by atoms with Gasteiger partial charge in [-0.2, -0.15) is 4.98 Å². The molecule has 0 saturated carbocycles. The standard InChI is InChI=1S/C11H15ClN4O3/c1-7-8(16(17)18)9(14-10(12)13-7)15-11(2)3-5-19-6-4-11/h3-6H2,1-2H3,(H,13,14,15). The van der Waals surface area contributed by atoms with Gasteiger partial charge in [0.05, 0.1) is 4.92 Å². The molecule has 19 heavy (non-hydrogen) atoms. The molecule has 1 aliphatic rings. The van der Waals surface area contributed by atoms with Crippen LogP contribution >= 0.6 is 11.6 Å². The minimum absolute atomic E-state index is 0.00117. The molecule has 1 aromatic rings. The summed E-state index contributed by atoms with van der Waals surface area (Å²) in [6.07, 6.45) is 1.51. The number of rotatable bonds is 3. The summed E-state index contributed by atoms with van der Waals surface area (Å²) >= 11 is 5.78. The molecule has 1 aromatic heterocycles. The summed E-state index contributed by atoms with van der Waals surface area (Å²) in [4.78, 5) is 18.4. The lowest BCUT2D eigenvalue weighted by Gasteiger charge is -2.34. The third-order valence-corrected chi connectivity index (χ3v) is 3.40. The fraction of sp³-hybridized carbons (Fsp3) is 0.636. The third-order valence-electron chi connectivity index (χ3n) is 3.23. The number of nitrogens with one attached hydrogen (secondary N) is 1. The van der Waals surface area contributed by atoms with Gasteiger partial charge < -0.3 is 10.1 Å². The summed E-state index contributed by atoms with van der Waals surface area (Å²) in [6.45, 7) is 4.78. The maximum Gasteiger partial charge on any atom is 0.332 e. The molecule has 1 aliphatic heterocycles. The lowest BCUT2D eigenvalue weighted by Crippen LogP contribution is -2.41. The third kappa shape index (κ3) is 3.10. The zero-order valence-corrected chi connectivity index (χ0v) is 11.5. The van der Waals surface area contributed by atoms with Gasteiger partial charge in [-0.3, -0.25) is 10.1 Å². The zero-order valence-electron chi connectivity index (χ0n) is 10.8. The van der Waals surface area contributed by atoms with Gasteiger partial charge in [-0.25, -0.2) is 4.98 Å². The van der Waals surface area contributed by atoms with Crippen LogP contribution in [0, 0.1) is 17.0 Å². The van der Waals surface area contributed by atoms with Crippen LogP contribution in [-0.2, 0) is 4.74 Å². The Kier molecular flexibility index (Phi) is 3.86. The number of anilines is 1. The molecule has 0 radical (unpaired) electrons. The van der Waals surface area contributed by atoms with Gasteiger partial charge in [0.2, 0.25) is 11.1 Å². The van der Waals surface area contributed by atoms with Crippen LogP contribution in [0.15, 0.2) is 0 Å². The number of nitro groups is 1. The number of aromatic nitrogens is 2. The van der Waals surface area contributed by atoms with E-state index in [4.69, 9.17) is 16.3 Å². The lowest BCUT2D eigenvalue weighted by molar-refractivity contribution is -0.385. The Labute approximate surface area is 115 Å². The van der Waals surface area contributed by atoms with Crippen molar-refractivity contribution in [2.45, 2.75) is 32.2 Å². The molecule has 2 rings (SSSR count). The SMILES string of the molecule is Cc1nc(Cl)nc(NC2(C)CCOCC2)c1[N+](=O)[O-]. The minimum atomic E-state index is -0.489. The molecule has 0 aromatic carbocycles. The van der Waals surface area contributed by atoms with E-state index in [9.17, 15) is 10.1 Å². The Hall–Kier alpha value is -1.47. The van der Waals surface area contributed by atoms with Crippen molar-refractivity contribution in [2.75, 3.05) is 18.5 Å². The maximum absolute atomic E-state index is 11.1. The highest BCUT2D eigenvalue weighted by Gasteiger charge is 2.31. The number of nitrogens with zero attached hydrogens (tertiary/aromatic N) is 3. The summed E-state index contributed by atoms with van der Waals surface area (Å²) in [5.41, 5.74) is -0.159. The zero-order chi connectivity index (χ0) is 14.0. The lowest BCUT2D eigenvalue weighted by atomic mass is 9.92. The average molecular weight is 287 g/mol. The van der Waals surface area contributed by atoms with Gasteiger partial charge in [-0.1, -0.05) is 0 Å². The molecule has 0 aliphatic carbocycles. The van der Waals surface area contributed by atoms with Crippen molar-refractivity contribution in [3.63, 3.8) is 0 Å². The quantitative estimate of drug-likeness (QED) is 0.521. The Morgan fingerprint density at radius 2 is 2.05 bits per heavy atom. The normalized spacial score (nSPS) is 18.1. The Balaban J connectivity index is 2.35. The van der Waals surface area contributed by atoms with Crippen LogP contribution in [0.4, 0.5) is 11.5 Å². The monoisotopic (exact) mass is 286 g/mol. The molecule has 7 nitrogen and oxygen atoms in total. The Morgan fingerprint density at radius 1 is 1.42 bits per heavy atom. The number of hydrogen-bond donors (Lipinski definition) is 1. The molecule has 0 spiro atoms. The van der Waals surface area contributed by atoms with Gasteiger partial charge >= 0.3 is 5.69 Å². The van der Waals surface area contributed by atoms with E-state index >= 15 is 0 Å². The first-order chi connectivity index (χ1) is 8.91. The predicted molar refractivity (Wildman–Crippen MR) is 70.5 cm³/mol. The van der Waals surface area contributed by atoms with Gasteiger partial charge in [-0.05, 0) is 38.3 Å². The highest BCUT2D eigenvalue weighted by molar-refractivity contribution is 6.28. The van der Waals surface area contributed by atoms with Crippen LogP contribution in [0.25, 0.3) is 0 Å². The van der Waals surface area contributed by atoms with E-state index in [1.54, 1.807) is 6.92 Å². The first-order valence-corrected chi connectivity index (χ1v) is 6.33. The van der Waals surface area contributed by atoms with Crippen LogP contribution in [0.2, 0.25) is 5.28 Å². The van der Waals surface area contributed by atoms with Crippen LogP contribution in [-0.4, -0.2) is 33.6 Å². The first kappa shape index (κ1) is 14.0. The molecule has 1 N–H and O–H groups in total. The maximum atomic E-state index is 11.1. The summed E-state index contributed by atoms with van der Waals surface area (Å²) in [7, 11) is 0. The highest BCUT2D eigenvalue weighted by atomic mass is 35.5. The van der Waals surface area contributed by atoms with Crippen molar-refractivity contribution in [1.29, 1.82) is 0 Å². The molecule has 8 heteroatoms. The van der Waals surface area contributed by atoms with E-state index in [-0.39, 0.29) is 28.0 Å². The topological polar surface area (TPSA) is 90.2 Å². The van der Waals surface area contributed by atoms with Crippen molar-refractivity contribution in [3.05, 3.63) is 21.1 Å². The van der Waals surface area contributed by atoms with Crippen molar-refractivity contribution >= 4 is 23.1 Å². The molecule has 1 fully saturated rings. The van der Waals surface area contributed by atoms with Crippen LogP contribution in [0.3, 0.4) is 0 Å². The molecule has 2 heterocycles. The van der Waals surface area contributed by atoms with E-state index in [2.05, 4.69) is 15.3 Å². The number of aryl methyl sites for hydroxylation is 1. The van der Waals surface area contributed by atoms with Gasteiger partial charge in [0.1, 0.15) is 5.69 Å². The fourth-order valence-corrected chi connectivity index (χ4v) is 2.28. The van der Waals surface area contributed by atoms with Crippen molar-refractivity contribution in [2.24, 2.45) is 0 Å². The van der Waals surface area contributed by atoms with E-state index in [1.807, 2.05) is 6.92 Å². The largest absolute Gasteiger partial charge is 0.381 e. The summed E-state index contributed by atoms with van der Waals surface area (Å²) in [6, 6.07) is 0. The highest BCUT2D eigenvalue weighted by Crippen LogP contribution is 2.32.